The maximum atomic E-state index is 14.8. The van der Waals surface area contributed by atoms with E-state index >= 15 is 0 Å². The van der Waals surface area contributed by atoms with Gasteiger partial charge in [0.1, 0.15) is 11.6 Å². The van der Waals surface area contributed by atoms with Crippen LogP contribution in [0, 0.1) is 5.82 Å². The minimum Gasteiger partial charge on any atom is -0.381 e. The zero-order valence-electron chi connectivity index (χ0n) is 21.1. The van der Waals surface area contributed by atoms with Gasteiger partial charge in [0.2, 0.25) is 0 Å². The summed E-state index contributed by atoms with van der Waals surface area (Å²) in [4.78, 5) is 20.3. The number of nitrogens with zero attached hydrogens (tertiary/aromatic N) is 3. The lowest BCUT2D eigenvalue weighted by Gasteiger charge is -2.19. The largest absolute Gasteiger partial charge is 0.381 e. The van der Waals surface area contributed by atoms with Crippen LogP contribution in [-0.4, -0.2) is 40.6 Å². The molecule has 1 unspecified atom stereocenters. The van der Waals surface area contributed by atoms with Crippen LogP contribution in [0.15, 0.2) is 41.2 Å². The Morgan fingerprint density at radius 3 is 2.50 bits per heavy atom. The lowest BCUT2D eigenvalue weighted by molar-refractivity contribution is 0.316. The summed E-state index contributed by atoms with van der Waals surface area (Å²) in [7, 11) is 0. The highest BCUT2D eigenvalue weighted by atomic mass is 19.1. The predicted molar refractivity (Wildman–Crippen MR) is 138 cm³/mol. The highest BCUT2D eigenvalue weighted by Crippen LogP contribution is 2.31. The van der Waals surface area contributed by atoms with Gasteiger partial charge in [-0.25, -0.2) is 9.37 Å². The third-order valence-corrected chi connectivity index (χ3v) is 7.08. The van der Waals surface area contributed by atoms with Gasteiger partial charge < -0.3 is 10.2 Å². The van der Waals surface area contributed by atoms with E-state index in [4.69, 9.17) is 4.98 Å². The molecule has 1 aliphatic rings. The van der Waals surface area contributed by atoms with Gasteiger partial charge in [0.15, 0.2) is 0 Å². The maximum Gasteiger partial charge on any atom is 0.261 e. The van der Waals surface area contributed by atoms with Crippen LogP contribution in [0.25, 0.3) is 10.9 Å². The van der Waals surface area contributed by atoms with Crippen molar-refractivity contribution in [3.05, 3.63) is 69.5 Å². The van der Waals surface area contributed by atoms with Crippen LogP contribution < -0.4 is 10.9 Å². The maximum absolute atomic E-state index is 14.8. The molecule has 0 bridgehead atoms. The first kappa shape index (κ1) is 24.4. The molecule has 3 aromatic rings. The summed E-state index contributed by atoms with van der Waals surface area (Å²) < 4.78 is 16.5. The third kappa shape index (κ3) is 5.02. The number of nitrogens with one attached hydrogen (secondary N) is 1. The van der Waals surface area contributed by atoms with Crippen molar-refractivity contribution in [2.45, 2.75) is 65.3 Å². The van der Waals surface area contributed by atoms with Crippen LogP contribution >= 0.6 is 0 Å². The molecule has 1 aliphatic heterocycles. The Morgan fingerprint density at radius 2 is 1.85 bits per heavy atom. The molecule has 0 saturated carbocycles. The number of rotatable bonds is 8. The van der Waals surface area contributed by atoms with Crippen LogP contribution in [0.4, 0.5) is 10.1 Å². The summed E-state index contributed by atoms with van der Waals surface area (Å²) >= 11 is 0. The normalized spacial score (nSPS) is 15.8. The molecule has 182 valence electrons. The molecule has 0 aliphatic carbocycles. The van der Waals surface area contributed by atoms with Gasteiger partial charge in [-0.3, -0.25) is 9.36 Å². The molecule has 0 saturated heterocycles. The molecule has 4 rings (SSSR count). The molecule has 2 heterocycles. The van der Waals surface area contributed by atoms with E-state index in [0.717, 1.165) is 38.3 Å². The molecule has 0 amide bonds. The van der Waals surface area contributed by atoms with Gasteiger partial charge in [-0.15, -0.1) is 0 Å². The molecule has 0 radical (unpaired) electrons. The second-order valence-corrected chi connectivity index (χ2v) is 10.4. The van der Waals surface area contributed by atoms with Gasteiger partial charge in [0.25, 0.3) is 5.56 Å². The molecule has 0 spiro atoms. The van der Waals surface area contributed by atoms with Crippen LogP contribution in [0.2, 0.25) is 0 Å². The second kappa shape index (κ2) is 9.87. The summed E-state index contributed by atoms with van der Waals surface area (Å²) in [6, 6.07) is 11.8. The number of benzene rings is 2. The zero-order chi connectivity index (χ0) is 24.5. The van der Waals surface area contributed by atoms with E-state index in [9.17, 15) is 9.18 Å². The average molecular weight is 465 g/mol. The van der Waals surface area contributed by atoms with Crippen molar-refractivity contribution < 1.29 is 4.39 Å². The first-order valence-electron chi connectivity index (χ1n) is 12.5. The fourth-order valence-corrected chi connectivity index (χ4v) is 4.84. The topological polar surface area (TPSA) is 50.2 Å². The number of hydrogen-bond acceptors (Lipinski definition) is 4. The first-order valence-corrected chi connectivity index (χ1v) is 12.5. The van der Waals surface area contributed by atoms with E-state index in [-0.39, 0.29) is 16.9 Å². The lowest BCUT2D eigenvalue weighted by atomic mass is 9.86. The summed E-state index contributed by atoms with van der Waals surface area (Å²) in [6.45, 7) is 14.9. The van der Waals surface area contributed by atoms with Gasteiger partial charge in [-0.05, 0) is 54.6 Å². The smallest absolute Gasteiger partial charge is 0.261 e. The van der Waals surface area contributed by atoms with Crippen molar-refractivity contribution in [2.24, 2.45) is 0 Å². The van der Waals surface area contributed by atoms with Gasteiger partial charge >= 0.3 is 0 Å². The fraction of sp³-hybridized carbons (Fsp3) is 0.500. The molecule has 34 heavy (non-hydrogen) atoms. The molecule has 5 nitrogen and oxygen atoms in total. The van der Waals surface area contributed by atoms with Crippen LogP contribution in [0.1, 0.15) is 63.9 Å². The number of likely N-dealkylation sites (N-methyl/N-ethyl adjacent to an activating group) is 1. The number of halogens is 1. The van der Waals surface area contributed by atoms with Gasteiger partial charge in [0.05, 0.1) is 16.6 Å². The summed E-state index contributed by atoms with van der Waals surface area (Å²) in [6.07, 6.45) is 1.72. The number of fused-ring (bicyclic) bond motifs is 2. The Hall–Kier alpha value is -2.73. The van der Waals surface area contributed by atoms with Gasteiger partial charge in [0, 0.05) is 25.6 Å². The van der Waals surface area contributed by atoms with Crippen molar-refractivity contribution >= 4 is 16.6 Å². The van der Waals surface area contributed by atoms with E-state index in [1.807, 2.05) is 0 Å². The molecule has 6 heteroatoms. The molecule has 1 N–H and O–H groups in total. The van der Waals surface area contributed by atoms with E-state index in [0.29, 0.717) is 29.7 Å². The standard InChI is InChI=1S/C28H37FN4O/c1-6-32(7-2)15-13-30-25-18-24-22(17-23(25)29)27(34)33-14-12-20(26(33)31-24)16-19-8-10-21(11-9-19)28(3,4)5/h8-11,17-18,20,30H,6-7,12-16H2,1-5H3. The van der Waals surface area contributed by atoms with Crippen molar-refractivity contribution in [2.75, 3.05) is 31.5 Å². The van der Waals surface area contributed by atoms with E-state index in [1.165, 1.54) is 17.2 Å². The highest BCUT2D eigenvalue weighted by Gasteiger charge is 2.27. The SMILES string of the molecule is CCN(CC)CCNc1cc2nc3n(c(=O)c2cc1F)CCC3Cc1ccc(C(C)(C)C)cc1. The van der Waals surface area contributed by atoms with Gasteiger partial charge in [-0.1, -0.05) is 58.9 Å². The summed E-state index contributed by atoms with van der Waals surface area (Å²) in [5, 5.41) is 3.55. The third-order valence-electron chi connectivity index (χ3n) is 7.08. The Labute approximate surface area is 202 Å². The quantitative estimate of drug-likeness (QED) is 0.490. The van der Waals surface area contributed by atoms with Crippen LogP contribution in [-0.2, 0) is 18.4 Å². The minimum absolute atomic E-state index is 0.124. The molecular weight excluding hydrogens is 427 g/mol. The average Bonchev–Trinajstić information content (AvgIpc) is 3.20. The number of anilines is 1. The molecule has 0 fully saturated rings. The monoisotopic (exact) mass is 464 g/mol. The van der Waals surface area contributed by atoms with Crippen molar-refractivity contribution in [1.82, 2.24) is 14.5 Å². The van der Waals surface area contributed by atoms with Crippen molar-refractivity contribution in [3.8, 4) is 0 Å². The van der Waals surface area contributed by atoms with E-state index in [1.54, 1.807) is 10.6 Å². The highest BCUT2D eigenvalue weighted by molar-refractivity contribution is 5.82. The fourth-order valence-electron chi connectivity index (χ4n) is 4.84. The molecule has 1 aromatic heterocycles. The summed E-state index contributed by atoms with van der Waals surface area (Å²) in [5.74, 6) is 0.597. The lowest BCUT2D eigenvalue weighted by Crippen LogP contribution is -2.28. The van der Waals surface area contributed by atoms with Crippen LogP contribution in [0.3, 0.4) is 0 Å². The zero-order valence-corrected chi connectivity index (χ0v) is 21.1. The molecular formula is C28H37FN4O. The van der Waals surface area contributed by atoms with Crippen molar-refractivity contribution in [3.63, 3.8) is 0 Å². The first-order chi connectivity index (χ1) is 16.2. The van der Waals surface area contributed by atoms with Crippen LogP contribution in [0.5, 0.6) is 0 Å². The molecule has 2 aromatic carbocycles. The Morgan fingerprint density at radius 1 is 1.15 bits per heavy atom. The Balaban J connectivity index is 1.58. The van der Waals surface area contributed by atoms with E-state index in [2.05, 4.69) is 69.1 Å². The Kier molecular flexibility index (Phi) is 7.08. The van der Waals surface area contributed by atoms with Gasteiger partial charge in [-0.2, -0.15) is 0 Å². The van der Waals surface area contributed by atoms with E-state index < -0.39 is 5.82 Å². The number of hydrogen-bond donors (Lipinski definition) is 1. The Bertz CT molecular complexity index is 1210. The molecule has 1 atom stereocenters. The summed E-state index contributed by atoms with van der Waals surface area (Å²) in [5.41, 5.74) is 3.52. The second-order valence-electron chi connectivity index (χ2n) is 10.4. The minimum atomic E-state index is -0.403. The van der Waals surface area contributed by atoms with Crippen molar-refractivity contribution in [1.29, 1.82) is 0 Å². The number of aromatic nitrogens is 2. The predicted octanol–water partition coefficient (Wildman–Crippen LogP) is 5.32.